The first kappa shape index (κ1) is 10.1. The Hall–Kier alpha value is -0.0100. The zero-order chi connectivity index (χ0) is 8.81. The Labute approximate surface area is 79.4 Å². The lowest BCUT2D eigenvalue weighted by Gasteiger charge is -2.25. The van der Waals surface area contributed by atoms with Crippen LogP contribution in [0, 0.1) is 5.92 Å². The molecule has 0 saturated heterocycles. The van der Waals surface area contributed by atoms with Crippen LogP contribution in [0.2, 0.25) is 0 Å². The van der Waals surface area contributed by atoms with Gasteiger partial charge in [-0.1, -0.05) is 36.9 Å². The van der Waals surface area contributed by atoms with Crippen molar-refractivity contribution < 1.29 is 5.11 Å². The van der Waals surface area contributed by atoms with Crippen molar-refractivity contribution in [1.82, 2.24) is 0 Å². The molecule has 0 radical (unpaired) electrons. The van der Waals surface area contributed by atoms with Gasteiger partial charge in [0.25, 0.3) is 0 Å². The smallest absolute Gasteiger partial charge is 0.0603 e. The summed E-state index contributed by atoms with van der Waals surface area (Å²) < 4.78 is 0. The normalized spacial score (nSPS) is 23.2. The molecule has 0 aliphatic heterocycles. The number of hydrogen-bond acceptors (Lipinski definition) is 1. The predicted octanol–water partition coefficient (Wildman–Crippen LogP) is 3.07. The summed E-state index contributed by atoms with van der Waals surface area (Å²) in [5.41, 5.74) is 1.49. The molecule has 1 unspecified atom stereocenters. The molecule has 0 aromatic rings. The Bertz CT molecular complexity index is 139. The van der Waals surface area contributed by atoms with Gasteiger partial charge in [0.2, 0.25) is 0 Å². The van der Waals surface area contributed by atoms with E-state index in [-0.39, 0.29) is 6.10 Å². The minimum atomic E-state index is -0.166. The molecule has 1 atom stereocenters. The van der Waals surface area contributed by atoms with E-state index in [0.717, 1.165) is 0 Å². The summed E-state index contributed by atoms with van der Waals surface area (Å²) in [5, 5.41) is 9.70. The van der Waals surface area contributed by atoms with Crippen LogP contribution >= 0.6 is 11.6 Å². The van der Waals surface area contributed by atoms with Gasteiger partial charge in [0, 0.05) is 5.54 Å². The lowest BCUT2D eigenvalue weighted by Crippen LogP contribution is -2.21. The number of rotatable bonds is 3. The molecule has 0 aromatic carbocycles. The number of hydrogen-bond donors (Lipinski definition) is 1. The summed E-state index contributed by atoms with van der Waals surface area (Å²) in [4.78, 5) is 0. The average molecular weight is 189 g/mol. The van der Waals surface area contributed by atoms with Gasteiger partial charge < -0.3 is 5.11 Å². The molecule has 1 nitrogen and oxygen atoms in total. The van der Waals surface area contributed by atoms with E-state index in [1.807, 2.05) is 6.08 Å². The van der Waals surface area contributed by atoms with Gasteiger partial charge in [0.15, 0.2) is 0 Å². The fourth-order valence-electron chi connectivity index (χ4n) is 1.90. The molecule has 12 heavy (non-hydrogen) atoms. The molecule has 0 heterocycles. The van der Waals surface area contributed by atoms with Crippen LogP contribution in [0.5, 0.6) is 0 Å². The van der Waals surface area contributed by atoms with Crippen molar-refractivity contribution in [1.29, 1.82) is 0 Å². The van der Waals surface area contributed by atoms with E-state index in [4.69, 9.17) is 11.6 Å². The molecule has 1 N–H and O–H groups in total. The van der Waals surface area contributed by atoms with Crippen LogP contribution < -0.4 is 0 Å². The first-order valence-corrected chi connectivity index (χ1v) is 5.21. The van der Waals surface area contributed by atoms with E-state index >= 15 is 0 Å². The number of aliphatic hydroxyl groups is 1. The van der Waals surface area contributed by atoms with Gasteiger partial charge in [-0.25, -0.2) is 0 Å². The highest BCUT2D eigenvalue weighted by atomic mass is 35.5. The monoisotopic (exact) mass is 188 g/mol. The minimum absolute atomic E-state index is 0.166. The van der Waals surface area contributed by atoms with Crippen molar-refractivity contribution in [2.75, 3.05) is 0 Å². The van der Waals surface area contributed by atoms with Gasteiger partial charge in [-0.3, -0.25) is 0 Å². The molecule has 2 heteroatoms. The molecular formula is C10H17ClO. The minimum Gasteiger partial charge on any atom is -0.393 e. The van der Waals surface area contributed by atoms with Crippen molar-refractivity contribution in [3.8, 4) is 0 Å². The molecule has 1 saturated carbocycles. The van der Waals surface area contributed by atoms with E-state index in [2.05, 4.69) is 0 Å². The standard InChI is InChI=1S/C10H17ClO/c11-8-4-7-10(12)9-5-2-1-3-6-9/h4,8-10,12H,1-3,5-7H2/b8-4-. The van der Waals surface area contributed by atoms with E-state index in [1.165, 1.54) is 37.6 Å². The maximum absolute atomic E-state index is 9.70. The summed E-state index contributed by atoms with van der Waals surface area (Å²) >= 11 is 5.39. The Morgan fingerprint density at radius 2 is 2.00 bits per heavy atom. The molecule has 1 aliphatic rings. The molecular weight excluding hydrogens is 172 g/mol. The summed E-state index contributed by atoms with van der Waals surface area (Å²) in [6.07, 6.45) is 8.68. The highest BCUT2D eigenvalue weighted by Gasteiger charge is 2.20. The SMILES string of the molecule is OC(C/C=C\Cl)C1CCCCC1. The van der Waals surface area contributed by atoms with Crippen LogP contribution in [0.3, 0.4) is 0 Å². The van der Waals surface area contributed by atoms with Crippen LogP contribution in [-0.2, 0) is 0 Å². The Morgan fingerprint density at radius 3 is 2.58 bits per heavy atom. The van der Waals surface area contributed by atoms with Crippen molar-refractivity contribution in [3.05, 3.63) is 11.6 Å². The van der Waals surface area contributed by atoms with Crippen LogP contribution in [0.25, 0.3) is 0 Å². The Balaban J connectivity index is 2.24. The van der Waals surface area contributed by atoms with E-state index in [0.29, 0.717) is 12.3 Å². The first-order chi connectivity index (χ1) is 5.84. The topological polar surface area (TPSA) is 20.2 Å². The average Bonchev–Trinajstić information content (AvgIpc) is 2.15. The van der Waals surface area contributed by atoms with Gasteiger partial charge in [0.1, 0.15) is 0 Å². The third-order valence-electron chi connectivity index (χ3n) is 2.66. The summed E-state index contributed by atoms with van der Waals surface area (Å²) in [5.74, 6) is 0.520. The molecule has 0 spiro atoms. The van der Waals surface area contributed by atoms with Crippen molar-refractivity contribution in [2.24, 2.45) is 5.92 Å². The predicted molar refractivity (Wildman–Crippen MR) is 52.2 cm³/mol. The van der Waals surface area contributed by atoms with Crippen LogP contribution in [0.1, 0.15) is 38.5 Å². The molecule has 1 rings (SSSR count). The van der Waals surface area contributed by atoms with Gasteiger partial charge >= 0.3 is 0 Å². The zero-order valence-corrected chi connectivity index (χ0v) is 8.13. The summed E-state index contributed by atoms with van der Waals surface area (Å²) in [6.45, 7) is 0. The van der Waals surface area contributed by atoms with E-state index in [9.17, 15) is 5.11 Å². The van der Waals surface area contributed by atoms with Gasteiger partial charge in [-0.2, -0.15) is 0 Å². The third-order valence-corrected chi connectivity index (χ3v) is 2.84. The molecule has 0 bridgehead atoms. The van der Waals surface area contributed by atoms with Crippen molar-refractivity contribution in [3.63, 3.8) is 0 Å². The maximum Gasteiger partial charge on any atom is 0.0603 e. The lowest BCUT2D eigenvalue weighted by atomic mass is 9.84. The molecule has 1 fully saturated rings. The van der Waals surface area contributed by atoms with Crippen LogP contribution in [0.4, 0.5) is 0 Å². The fourth-order valence-corrected chi connectivity index (χ4v) is 2.01. The summed E-state index contributed by atoms with van der Waals surface area (Å²) in [6, 6.07) is 0. The highest BCUT2D eigenvalue weighted by molar-refractivity contribution is 6.25. The van der Waals surface area contributed by atoms with Crippen molar-refractivity contribution >= 4 is 11.6 Å². The van der Waals surface area contributed by atoms with Crippen LogP contribution in [-0.4, -0.2) is 11.2 Å². The Kier molecular flexibility index (Phi) is 4.70. The molecule has 0 aromatic heterocycles. The fraction of sp³-hybridized carbons (Fsp3) is 0.800. The zero-order valence-electron chi connectivity index (χ0n) is 7.38. The van der Waals surface area contributed by atoms with Gasteiger partial charge in [0.05, 0.1) is 6.10 Å². The largest absolute Gasteiger partial charge is 0.393 e. The van der Waals surface area contributed by atoms with E-state index < -0.39 is 0 Å². The Morgan fingerprint density at radius 1 is 1.33 bits per heavy atom. The van der Waals surface area contributed by atoms with Gasteiger partial charge in [-0.05, 0) is 25.2 Å². The second-order valence-corrected chi connectivity index (χ2v) is 3.81. The second-order valence-electron chi connectivity index (χ2n) is 3.56. The van der Waals surface area contributed by atoms with Crippen LogP contribution in [0.15, 0.2) is 11.6 Å². The highest BCUT2D eigenvalue weighted by Crippen LogP contribution is 2.27. The number of aliphatic hydroxyl groups excluding tert-OH is 1. The summed E-state index contributed by atoms with van der Waals surface area (Å²) in [7, 11) is 0. The first-order valence-electron chi connectivity index (χ1n) is 4.78. The maximum atomic E-state index is 9.70. The number of halogens is 1. The molecule has 0 amide bonds. The van der Waals surface area contributed by atoms with E-state index in [1.54, 1.807) is 0 Å². The molecule has 70 valence electrons. The van der Waals surface area contributed by atoms with Gasteiger partial charge in [-0.15, -0.1) is 0 Å². The molecule has 1 aliphatic carbocycles. The third kappa shape index (κ3) is 3.16. The lowest BCUT2D eigenvalue weighted by molar-refractivity contribution is 0.0874. The second kappa shape index (κ2) is 5.60. The van der Waals surface area contributed by atoms with Crippen molar-refractivity contribution in [2.45, 2.75) is 44.6 Å². The quantitative estimate of drug-likeness (QED) is 0.722.